The Bertz CT molecular complexity index is 1750. The van der Waals surface area contributed by atoms with Gasteiger partial charge in [0.1, 0.15) is 23.4 Å². The quantitative estimate of drug-likeness (QED) is 0.155. The van der Waals surface area contributed by atoms with Crippen molar-refractivity contribution in [3.05, 3.63) is 94.6 Å². The van der Waals surface area contributed by atoms with E-state index in [9.17, 15) is 19.2 Å². The molecular formula is C31H27N3O9S. The van der Waals surface area contributed by atoms with Gasteiger partial charge in [0.2, 0.25) is 0 Å². The Morgan fingerprint density at radius 2 is 1.68 bits per heavy atom. The van der Waals surface area contributed by atoms with Gasteiger partial charge in [-0.3, -0.25) is 4.79 Å². The summed E-state index contributed by atoms with van der Waals surface area (Å²) in [6, 6.07) is 18.4. The topological polar surface area (TPSA) is 152 Å². The molecule has 0 saturated carbocycles. The van der Waals surface area contributed by atoms with Crippen LogP contribution in [-0.4, -0.2) is 60.1 Å². The Balaban J connectivity index is 1.64. The summed E-state index contributed by atoms with van der Waals surface area (Å²) in [6.45, 7) is 1.13. The molecule has 0 radical (unpaired) electrons. The van der Waals surface area contributed by atoms with Crippen molar-refractivity contribution in [2.75, 3.05) is 27.4 Å². The molecule has 1 aliphatic heterocycles. The molecule has 1 aliphatic rings. The van der Waals surface area contributed by atoms with Crippen LogP contribution in [0.1, 0.15) is 34.0 Å². The molecule has 0 bridgehead atoms. The van der Waals surface area contributed by atoms with Gasteiger partial charge in [-0.25, -0.2) is 14.4 Å². The molecule has 1 atom stereocenters. The Labute approximate surface area is 255 Å². The fourth-order valence-corrected chi connectivity index (χ4v) is 5.26. The molecule has 1 N–H and O–H groups in total. The van der Waals surface area contributed by atoms with Gasteiger partial charge >= 0.3 is 29.8 Å². The third-order valence-electron chi connectivity index (χ3n) is 6.82. The van der Waals surface area contributed by atoms with Crippen LogP contribution in [0.3, 0.4) is 0 Å². The highest BCUT2D eigenvalue weighted by atomic mass is 32.1. The second kappa shape index (κ2) is 12.9. The average Bonchev–Trinajstić information content (AvgIpc) is 3.61. The van der Waals surface area contributed by atoms with Crippen LogP contribution in [0, 0.1) is 0 Å². The zero-order valence-electron chi connectivity index (χ0n) is 23.9. The number of ether oxygens (including phenoxy) is 5. The summed E-state index contributed by atoms with van der Waals surface area (Å²) in [5.74, 6) is -3.19. The first kappa shape index (κ1) is 30.2. The van der Waals surface area contributed by atoms with Crippen LogP contribution >= 0.6 is 11.7 Å². The monoisotopic (exact) mass is 617 g/mol. The molecule has 1 amide bonds. The number of alkyl carbamates (subject to hydrolysis) is 1. The van der Waals surface area contributed by atoms with Gasteiger partial charge in [-0.05, 0) is 59.7 Å². The van der Waals surface area contributed by atoms with Crippen LogP contribution in [0.4, 0.5) is 4.79 Å². The van der Waals surface area contributed by atoms with Gasteiger partial charge in [0.15, 0.2) is 0 Å². The molecular weight excluding hydrogens is 590 g/mol. The number of rotatable bonds is 10. The van der Waals surface area contributed by atoms with E-state index in [0.29, 0.717) is 44.6 Å². The van der Waals surface area contributed by atoms with E-state index in [1.165, 1.54) is 21.1 Å². The Morgan fingerprint density at radius 1 is 0.955 bits per heavy atom. The second-order valence-corrected chi connectivity index (χ2v) is 10.1. The van der Waals surface area contributed by atoms with Crippen molar-refractivity contribution in [1.29, 1.82) is 0 Å². The molecule has 0 saturated heterocycles. The Morgan fingerprint density at radius 3 is 2.36 bits per heavy atom. The van der Waals surface area contributed by atoms with E-state index in [4.69, 9.17) is 23.7 Å². The zero-order valence-corrected chi connectivity index (χ0v) is 24.8. The van der Waals surface area contributed by atoms with Crippen molar-refractivity contribution < 1.29 is 42.9 Å². The minimum Gasteiger partial charge on any atom is -0.497 e. The van der Waals surface area contributed by atoms with Crippen molar-refractivity contribution in [1.82, 2.24) is 14.1 Å². The number of nitrogens with one attached hydrogen (secondary N) is 1. The number of fused-ring (bicyclic) bond motifs is 1. The maximum atomic E-state index is 13.8. The molecule has 4 aromatic rings. The molecule has 226 valence electrons. The molecule has 1 aromatic heterocycles. The predicted molar refractivity (Wildman–Crippen MR) is 158 cm³/mol. The highest BCUT2D eigenvalue weighted by Crippen LogP contribution is 2.48. The molecule has 1 unspecified atom stereocenters. The molecule has 2 heterocycles. The largest absolute Gasteiger partial charge is 0.497 e. The third-order valence-corrected chi connectivity index (χ3v) is 7.38. The fraction of sp³-hybridized carbons (Fsp3) is 0.226. The third kappa shape index (κ3) is 6.22. The SMILES string of the molecule is COC(=O)c1ccc(CC2=C(c3ccc4nsnc4c3)C(=O)OC2(OC(=O)NCCOC(C)=O)c2ccc(OC)cc2)cc1. The van der Waals surface area contributed by atoms with E-state index in [2.05, 4.69) is 14.1 Å². The number of benzene rings is 3. The van der Waals surface area contributed by atoms with E-state index in [-0.39, 0.29) is 25.1 Å². The van der Waals surface area contributed by atoms with Gasteiger partial charge in [0.25, 0.3) is 0 Å². The van der Waals surface area contributed by atoms with Gasteiger partial charge in [-0.15, -0.1) is 0 Å². The number of aromatic nitrogens is 2. The highest BCUT2D eigenvalue weighted by Gasteiger charge is 2.53. The van der Waals surface area contributed by atoms with Crippen LogP contribution in [0.25, 0.3) is 16.6 Å². The molecule has 3 aromatic carbocycles. The number of carbonyl (C=O) groups excluding carboxylic acids is 4. The van der Waals surface area contributed by atoms with E-state index in [1.807, 2.05) is 0 Å². The first-order valence-electron chi connectivity index (χ1n) is 13.4. The summed E-state index contributed by atoms with van der Waals surface area (Å²) >= 11 is 1.04. The maximum Gasteiger partial charge on any atom is 0.411 e. The number of hydrogen-bond acceptors (Lipinski definition) is 12. The lowest BCUT2D eigenvalue weighted by Gasteiger charge is -2.31. The van der Waals surface area contributed by atoms with Gasteiger partial charge in [-0.2, -0.15) is 8.75 Å². The van der Waals surface area contributed by atoms with Crippen molar-refractivity contribution in [2.24, 2.45) is 0 Å². The first-order valence-corrected chi connectivity index (χ1v) is 14.1. The number of carbonyl (C=O) groups is 4. The number of cyclic esters (lactones) is 1. The number of amides is 1. The van der Waals surface area contributed by atoms with E-state index in [0.717, 1.165) is 11.7 Å². The molecule has 0 aliphatic carbocycles. The lowest BCUT2D eigenvalue weighted by atomic mass is 9.87. The molecule has 13 heteroatoms. The smallest absolute Gasteiger partial charge is 0.411 e. The highest BCUT2D eigenvalue weighted by molar-refractivity contribution is 7.00. The van der Waals surface area contributed by atoms with Crippen molar-refractivity contribution in [3.8, 4) is 5.75 Å². The molecule has 0 spiro atoms. The summed E-state index contributed by atoms with van der Waals surface area (Å²) in [5.41, 5.74) is 3.62. The Kier molecular flexibility index (Phi) is 8.86. The molecule has 0 fully saturated rings. The molecule has 44 heavy (non-hydrogen) atoms. The standard InChI is InChI=1S/C31H27N3O9S/c1-18(35)41-15-14-32-30(38)43-31(22-9-11-23(39-2)12-10-22)24(16-19-4-6-20(7-5-19)28(36)40-3)27(29(37)42-31)21-8-13-25-26(17-21)34-44-33-25/h4-13,17H,14-16H2,1-3H3,(H,32,38). The lowest BCUT2D eigenvalue weighted by Crippen LogP contribution is -2.40. The van der Waals surface area contributed by atoms with Crippen LogP contribution in [0.2, 0.25) is 0 Å². The predicted octanol–water partition coefficient (Wildman–Crippen LogP) is 4.18. The van der Waals surface area contributed by atoms with Gasteiger partial charge in [0.05, 0.1) is 43.6 Å². The van der Waals surface area contributed by atoms with Crippen molar-refractivity contribution in [2.45, 2.75) is 19.1 Å². The van der Waals surface area contributed by atoms with Crippen LogP contribution in [0.5, 0.6) is 5.75 Å². The van der Waals surface area contributed by atoms with E-state index >= 15 is 0 Å². The van der Waals surface area contributed by atoms with Crippen molar-refractivity contribution >= 4 is 52.3 Å². The van der Waals surface area contributed by atoms with Gasteiger partial charge in [0, 0.05) is 24.5 Å². The summed E-state index contributed by atoms with van der Waals surface area (Å²) in [5, 5.41) is 2.54. The number of methoxy groups -OCH3 is 2. The number of esters is 3. The normalized spacial score (nSPS) is 15.9. The molecule has 12 nitrogen and oxygen atoms in total. The summed E-state index contributed by atoms with van der Waals surface area (Å²) in [4.78, 5) is 50.2. The first-order chi connectivity index (χ1) is 21.2. The zero-order chi connectivity index (χ0) is 31.3. The van der Waals surface area contributed by atoms with E-state index < -0.39 is 29.8 Å². The number of nitrogens with zero attached hydrogens (tertiary/aromatic N) is 2. The van der Waals surface area contributed by atoms with Gasteiger partial charge < -0.3 is 29.0 Å². The van der Waals surface area contributed by atoms with Crippen LogP contribution < -0.4 is 10.1 Å². The van der Waals surface area contributed by atoms with Crippen molar-refractivity contribution in [3.63, 3.8) is 0 Å². The van der Waals surface area contributed by atoms with E-state index in [1.54, 1.807) is 66.7 Å². The van der Waals surface area contributed by atoms with Crippen LogP contribution in [0.15, 0.2) is 72.3 Å². The minimum atomic E-state index is -2.00. The molecule has 5 rings (SSSR count). The van der Waals surface area contributed by atoms with Crippen LogP contribution in [-0.2, 0) is 40.7 Å². The van der Waals surface area contributed by atoms with Gasteiger partial charge in [-0.1, -0.05) is 18.2 Å². The number of hydrogen-bond donors (Lipinski definition) is 1. The second-order valence-electron chi connectivity index (χ2n) is 9.58. The summed E-state index contributed by atoms with van der Waals surface area (Å²) < 4.78 is 35.6. The maximum absolute atomic E-state index is 13.8. The fourth-order valence-electron chi connectivity index (χ4n) is 4.75. The summed E-state index contributed by atoms with van der Waals surface area (Å²) in [7, 11) is 2.81. The lowest BCUT2D eigenvalue weighted by molar-refractivity contribution is -0.185. The average molecular weight is 618 g/mol. The minimum absolute atomic E-state index is 0.0422. The Hall–Kier alpha value is -5.30. The summed E-state index contributed by atoms with van der Waals surface area (Å²) in [6.07, 6.45) is -0.831.